The smallest absolute Gasteiger partial charge is 0.309 e. The lowest BCUT2D eigenvalue weighted by molar-refractivity contribution is -0.184. The van der Waals surface area contributed by atoms with Crippen molar-refractivity contribution in [1.29, 1.82) is 0 Å². The Morgan fingerprint density at radius 3 is 2.44 bits per heavy atom. The van der Waals surface area contributed by atoms with Crippen molar-refractivity contribution in [2.45, 2.75) is 58.5 Å². The number of aliphatic hydroxyl groups is 1. The van der Waals surface area contributed by atoms with Gasteiger partial charge >= 0.3 is 11.9 Å². The van der Waals surface area contributed by atoms with Gasteiger partial charge in [0.1, 0.15) is 18.3 Å². The first-order valence-corrected chi connectivity index (χ1v) is 9.46. The molecule has 1 N–H and O–H groups in total. The van der Waals surface area contributed by atoms with Gasteiger partial charge in [0.25, 0.3) is 6.29 Å². The van der Waals surface area contributed by atoms with E-state index < -0.39 is 23.9 Å². The van der Waals surface area contributed by atoms with Gasteiger partial charge in [-0.2, -0.15) is 0 Å². The Bertz CT molecular complexity index is 657. The molecule has 0 aromatic rings. The molecule has 0 aromatic carbocycles. The van der Waals surface area contributed by atoms with Crippen LogP contribution in [0.5, 0.6) is 0 Å². The van der Waals surface area contributed by atoms with E-state index in [1.54, 1.807) is 6.08 Å². The van der Waals surface area contributed by atoms with E-state index in [1.165, 1.54) is 6.26 Å². The van der Waals surface area contributed by atoms with Crippen molar-refractivity contribution in [3.8, 4) is 0 Å². The third-order valence-corrected chi connectivity index (χ3v) is 4.95. The van der Waals surface area contributed by atoms with E-state index in [4.69, 9.17) is 18.9 Å². The maximum atomic E-state index is 12.1. The molecule has 0 aromatic heterocycles. The van der Waals surface area contributed by atoms with Crippen molar-refractivity contribution in [2.24, 2.45) is 17.8 Å². The Hall–Kier alpha value is -1.86. The second-order valence-corrected chi connectivity index (χ2v) is 8.28. The van der Waals surface area contributed by atoms with Crippen LogP contribution >= 0.6 is 0 Å². The van der Waals surface area contributed by atoms with Crippen molar-refractivity contribution in [3.63, 3.8) is 0 Å². The van der Waals surface area contributed by atoms with Gasteiger partial charge in [-0.3, -0.25) is 9.59 Å². The zero-order chi connectivity index (χ0) is 19.8. The fourth-order valence-corrected chi connectivity index (χ4v) is 3.55. The first kappa shape index (κ1) is 19.9. The molecule has 0 unspecified atom stereocenters. The maximum Gasteiger partial charge on any atom is 0.309 e. The van der Waals surface area contributed by atoms with Crippen LogP contribution < -0.4 is 0 Å². The molecule has 0 amide bonds. The molecule has 7 nitrogen and oxygen atoms in total. The molecule has 3 aliphatic rings. The van der Waals surface area contributed by atoms with E-state index in [2.05, 4.69) is 0 Å². The molecule has 0 radical (unpaired) electrons. The highest BCUT2D eigenvalue weighted by Gasteiger charge is 2.66. The van der Waals surface area contributed by atoms with E-state index in [0.717, 1.165) is 5.57 Å². The summed E-state index contributed by atoms with van der Waals surface area (Å²) < 4.78 is 22.1. The monoisotopic (exact) mass is 380 g/mol. The summed E-state index contributed by atoms with van der Waals surface area (Å²) in [4.78, 5) is 24.0. The van der Waals surface area contributed by atoms with Crippen molar-refractivity contribution in [2.75, 3.05) is 13.2 Å². The average Bonchev–Trinajstić information content (AvgIpc) is 3.28. The lowest BCUT2D eigenvalue weighted by atomic mass is 9.85. The number of carbonyl (C=O) groups excluding carboxylic acids is 2. The first-order valence-electron chi connectivity index (χ1n) is 9.46. The number of ether oxygens (including phenoxy) is 4. The number of aliphatic hydroxyl groups excluding tert-OH is 1. The molecular formula is C20H28O7. The maximum absolute atomic E-state index is 12.1. The molecular weight excluding hydrogens is 352 g/mol. The molecule has 150 valence electrons. The highest BCUT2D eigenvalue weighted by molar-refractivity contribution is 5.70. The number of esters is 2. The Morgan fingerprint density at radius 2 is 1.85 bits per heavy atom. The van der Waals surface area contributed by atoms with Crippen LogP contribution in [-0.2, 0) is 28.5 Å². The molecule has 27 heavy (non-hydrogen) atoms. The summed E-state index contributed by atoms with van der Waals surface area (Å²) in [5.41, 5.74) is 0.588. The molecule has 1 fully saturated rings. The minimum Gasteiger partial charge on any atom is -0.461 e. The second kappa shape index (κ2) is 7.64. The first-order chi connectivity index (χ1) is 12.7. The van der Waals surface area contributed by atoms with Crippen LogP contribution in [0.1, 0.15) is 40.5 Å². The number of carbonyl (C=O) groups is 2. The summed E-state index contributed by atoms with van der Waals surface area (Å²) in [6.07, 6.45) is 2.07. The van der Waals surface area contributed by atoms with Gasteiger partial charge < -0.3 is 24.1 Å². The minimum absolute atomic E-state index is 0.0450. The van der Waals surface area contributed by atoms with Gasteiger partial charge in [-0.1, -0.05) is 27.7 Å². The number of hydrogen-bond donors (Lipinski definition) is 1. The molecule has 1 saturated heterocycles. The standard InChI is InChI=1S/C20H28O7/c1-11(2)5-16(22)24-8-13-9-25-19(27-17(23)6-12(3)4)18-14(13)7-15(21)20(18)10-26-20/h7,9,11-12,15,18-19,21H,5-6,8,10H2,1-4H3/t15-,18-,19+,20-/m1/s1. The molecule has 2 aliphatic heterocycles. The largest absolute Gasteiger partial charge is 0.461 e. The quantitative estimate of drug-likeness (QED) is 0.534. The summed E-state index contributed by atoms with van der Waals surface area (Å²) in [6.45, 7) is 8.16. The second-order valence-electron chi connectivity index (χ2n) is 8.28. The number of epoxide rings is 1. The van der Waals surface area contributed by atoms with Gasteiger partial charge in [0.05, 0.1) is 18.8 Å². The third kappa shape index (κ3) is 4.19. The van der Waals surface area contributed by atoms with Crippen molar-refractivity contribution >= 4 is 11.9 Å². The lowest BCUT2D eigenvalue weighted by Crippen LogP contribution is -2.43. The van der Waals surface area contributed by atoms with Crippen LogP contribution in [-0.4, -0.2) is 48.3 Å². The molecule has 4 atom stereocenters. The fraction of sp³-hybridized carbons (Fsp3) is 0.700. The number of fused-ring (bicyclic) bond motifs is 2. The molecule has 7 heteroatoms. The van der Waals surface area contributed by atoms with Gasteiger partial charge in [0, 0.05) is 18.4 Å². The Balaban J connectivity index is 1.72. The predicted molar refractivity (Wildman–Crippen MR) is 95.2 cm³/mol. The van der Waals surface area contributed by atoms with Gasteiger partial charge in [-0.15, -0.1) is 0 Å². The summed E-state index contributed by atoms with van der Waals surface area (Å²) in [5.74, 6) is -0.700. The predicted octanol–water partition coefficient (Wildman–Crippen LogP) is 2.09. The van der Waals surface area contributed by atoms with Gasteiger partial charge in [0.2, 0.25) is 0 Å². The van der Waals surface area contributed by atoms with E-state index >= 15 is 0 Å². The van der Waals surface area contributed by atoms with Crippen molar-refractivity contribution in [3.05, 3.63) is 23.5 Å². The Kier molecular flexibility index (Phi) is 5.63. The average molecular weight is 380 g/mol. The summed E-state index contributed by atoms with van der Waals surface area (Å²) in [6, 6.07) is 0. The van der Waals surface area contributed by atoms with E-state index in [0.29, 0.717) is 18.6 Å². The van der Waals surface area contributed by atoms with Crippen LogP contribution in [0.25, 0.3) is 0 Å². The van der Waals surface area contributed by atoms with E-state index in [-0.39, 0.29) is 36.8 Å². The van der Waals surface area contributed by atoms with Crippen molar-refractivity contribution in [1.82, 2.24) is 0 Å². The molecule has 1 aliphatic carbocycles. The Labute approximate surface area is 159 Å². The highest BCUT2D eigenvalue weighted by atomic mass is 16.7. The zero-order valence-electron chi connectivity index (χ0n) is 16.3. The molecule has 0 bridgehead atoms. The van der Waals surface area contributed by atoms with Crippen LogP contribution in [0.4, 0.5) is 0 Å². The summed E-state index contributed by atoms with van der Waals surface area (Å²) in [5, 5.41) is 10.4. The van der Waals surface area contributed by atoms with Crippen LogP contribution in [0.15, 0.2) is 23.5 Å². The van der Waals surface area contributed by atoms with Crippen molar-refractivity contribution < 1.29 is 33.6 Å². The third-order valence-electron chi connectivity index (χ3n) is 4.95. The molecule has 2 heterocycles. The van der Waals surface area contributed by atoms with Gasteiger partial charge in [-0.25, -0.2) is 0 Å². The summed E-state index contributed by atoms with van der Waals surface area (Å²) in [7, 11) is 0. The fourth-order valence-electron chi connectivity index (χ4n) is 3.55. The molecule has 0 saturated carbocycles. The SMILES string of the molecule is CC(C)CC(=O)OCC1=CO[C@@H](OC(=O)CC(C)C)[C@H]2C1=C[C@@H](O)[C@]21CO1. The molecule has 1 spiro atoms. The number of hydrogen-bond acceptors (Lipinski definition) is 7. The summed E-state index contributed by atoms with van der Waals surface area (Å²) >= 11 is 0. The highest BCUT2D eigenvalue weighted by Crippen LogP contribution is 2.53. The zero-order valence-corrected chi connectivity index (χ0v) is 16.3. The topological polar surface area (TPSA) is 94.6 Å². The molecule has 3 rings (SSSR count). The normalized spacial score (nSPS) is 31.3. The lowest BCUT2D eigenvalue weighted by Gasteiger charge is -2.33. The van der Waals surface area contributed by atoms with Crippen LogP contribution in [0.2, 0.25) is 0 Å². The van der Waals surface area contributed by atoms with Gasteiger partial charge in [0.15, 0.2) is 0 Å². The number of rotatable bonds is 7. The van der Waals surface area contributed by atoms with E-state index in [1.807, 2.05) is 27.7 Å². The Morgan fingerprint density at radius 1 is 1.22 bits per heavy atom. The van der Waals surface area contributed by atoms with Crippen LogP contribution in [0, 0.1) is 17.8 Å². The minimum atomic E-state index is -0.864. The van der Waals surface area contributed by atoms with Crippen LogP contribution in [0.3, 0.4) is 0 Å². The van der Waals surface area contributed by atoms with E-state index in [9.17, 15) is 14.7 Å². The van der Waals surface area contributed by atoms with Gasteiger partial charge in [-0.05, 0) is 23.5 Å².